The van der Waals surface area contributed by atoms with E-state index in [0.717, 1.165) is 44.9 Å². The fourth-order valence-electron chi connectivity index (χ4n) is 4.14. The number of hydrogen-bond donors (Lipinski definition) is 2. The summed E-state index contributed by atoms with van der Waals surface area (Å²) >= 11 is 0. The Kier molecular flexibility index (Phi) is 4.66. The number of hydrogen-bond acceptors (Lipinski definition) is 2. The summed E-state index contributed by atoms with van der Waals surface area (Å²) in [6, 6.07) is -0.138. The maximum Gasteiger partial charge on any atom is 0.311 e. The molecule has 0 aromatic rings. The molecular formula is C15H27NO2. The van der Waals surface area contributed by atoms with E-state index in [4.69, 9.17) is 5.73 Å². The Labute approximate surface area is 110 Å². The van der Waals surface area contributed by atoms with E-state index in [1.807, 2.05) is 0 Å². The van der Waals surface area contributed by atoms with Crippen LogP contribution in [0.25, 0.3) is 0 Å². The Morgan fingerprint density at radius 2 is 1.50 bits per heavy atom. The van der Waals surface area contributed by atoms with E-state index in [0.29, 0.717) is 5.92 Å². The van der Waals surface area contributed by atoms with Gasteiger partial charge in [-0.05, 0) is 31.6 Å². The fourth-order valence-corrected chi connectivity index (χ4v) is 4.14. The highest BCUT2D eigenvalue weighted by Gasteiger charge is 2.50. The molecule has 0 aromatic heterocycles. The molecule has 2 saturated carbocycles. The van der Waals surface area contributed by atoms with Crippen LogP contribution >= 0.6 is 0 Å². The molecule has 18 heavy (non-hydrogen) atoms. The lowest BCUT2D eigenvalue weighted by Crippen LogP contribution is -2.52. The molecule has 0 bridgehead atoms. The first-order valence-corrected chi connectivity index (χ1v) is 7.67. The van der Waals surface area contributed by atoms with E-state index >= 15 is 0 Å². The van der Waals surface area contributed by atoms with Crippen LogP contribution in [-0.2, 0) is 4.79 Å². The number of carboxylic acid groups (broad SMARTS) is 1. The minimum atomic E-state index is -0.624. The van der Waals surface area contributed by atoms with Crippen LogP contribution in [-0.4, -0.2) is 17.1 Å². The van der Waals surface area contributed by atoms with Crippen LogP contribution in [0, 0.1) is 11.3 Å². The van der Waals surface area contributed by atoms with Crippen LogP contribution < -0.4 is 5.73 Å². The summed E-state index contributed by atoms with van der Waals surface area (Å²) in [4.78, 5) is 12.0. The summed E-state index contributed by atoms with van der Waals surface area (Å²) in [5.41, 5.74) is 5.69. The fraction of sp³-hybridized carbons (Fsp3) is 0.933. The van der Waals surface area contributed by atoms with Gasteiger partial charge in [-0.3, -0.25) is 4.79 Å². The quantitative estimate of drug-likeness (QED) is 0.742. The molecule has 2 rings (SSSR count). The molecule has 0 spiro atoms. The monoisotopic (exact) mass is 253 g/mol. The topological polar surface area (TPSA) is 63.3 Å². The van der Waals surface area contributed by atoms with Gasteiger partial charge in [-0.15, -0.1) is 0 Å². The predicted octanol–water partition coefficient (Wildman–Crippen LogP) is 3.32. The van der Waals surface area contributed by atoms with E-state index < -0.39 is 11.4 Å². The van der Waals surface area contributed by atoms with Gasteiger partial charge < -0.3 is 10.8 Å². The maximum atomic E-state index is 12.0. The van der Waals surface area contributed by atoms with Crippen LogP contribution in [0.5, 0.6) is 0 Å². The highest BCUT2D eigenvalue weighted by atomic mass is 16.4. The molecule has 0 heterocycles. The maximum absolute atomic E-state index is 12.0. The van der Waals surface area contributed by atoms with E-state index in [2.05, 4.69) is 0 Å². The second kappa shape index (κ2) is 6.05. The number of nitrogens with two attached hydrogens (primary N) is 1. The van der Waals surface area contributed by atoms with Gasteiger partial charge in [-0.25, -0.2) is 0 Å². The van der Waals surface area contributed by atoms with Crippen molar-refractivity contribution in [2.75, 3.05) is 0 Å². The summed E-state index contributed by atoms with van der Waals surface area (Å²) in [6.45, 7) is 0. The molecule has 2 aliphatic carbocycles. The Bertz CT molecular complexity index is 284. The van der Waals surface area contributed by atoms with Gasteiger partial charge in [0.25, 0.3) is 0 Å². The molecule has 3 heteroatoms. The van der Waals surface area contributed by atoms with Crippen molar-refractivity contribution in [2.45, 2.75) is 76.7 Å². The van der Waals surface area contributed by atoms with Crippen molar-refractivity contribution >= 4 is 5.97 Å². The Morgan fingerprint density at radius 3 is 2.11 bits per heavy atom. The largest absolute Gasteiger partial charge is 0.481 e. The molecule has 0 saturated heterocycles. The van der Waals surface area contributed by atoms with E-state index in [9.17, 15) is 9.90 Å². The summed E-state index contributed by atoms with van der Waals surface area (Å²) in [6.07, 6.45) is 12.0. The molecule has 2 fully saturated rings. The molecule has 0 amide bonds. The van der Waals surface area contributed by atoms with E-state index in [1.54, 1.807) is 0 Å². The Balaban J connectivity index is 2.25. The molecule has 3 nitrogen and oxygen atoms in total. The van der Waals surface area contributed by atoms with Crippen molar-refractivity contribution in [3.05, 3.63) is 0 Å². The number of carboxylic acids is 1. The number of aliphatic carboxylic acids is 1. The van der Waals surface area contributed by atoms with Crippen molar-refractivity contribution < 1.29 is 9.90 Å². The normalized spacial score (nSPS) is 35.7. The second-order valence-electron chi connectivity index (χ2n) is 6.24. The highest BCUT2D eigenvalue weighted by molar-refractivity contribution is 5.76. The third kappa shape index (κ3) is 2.56. The van der Waals surface area contributed by atoms with Crippen molar-refractivity contribution in [1.29, 1.82) is 0 Å². The molecule has 0 radical (unpaired) electrons. The summed E-state index contributed by atoms with van der Waals surface area (Å²) < 4.78 is 0. The summed E-state index contributed by atoms with van der Waals surface area (Å²) in [5.74, 6) is -0.311. The van der Waals surface area contributed by atoms with Gasteiger partial charge in [0, 0.05) is 6.04 Å². The van der Waals surface area contributed by atoms with Gasteiger partial charge in [0.2, 0.25) is 0 Å². The van der Waals surface area contributed by atoms with Crippen LogP contribution in [0.15, 0.2) is 0 Å². The third-order valence-corrected chi connectivity index (χ3v) is 5.25. The zero-order chi connectivity index (χ0) is 13.0. The van der Waals surface area contributed by atoms with Crippen LogP contribution in [0.4, 0.5) is 0 Å². The minimum Gasteiger partial charge on any atom is -0.481 e. The first-order valence-electron chi connectivity index (χ1n) is 7.67. The van der Waals surface area contributed by atoms with E-state index in [-0.39, 0.29) is 6.04 Å². The number of rotatable bonds is 2. The molecule has 0 aromatic carbocycles. The van der Waals surface area contributed by atoms with Crippen LogP contribution in [0.1, 0.15) is 70.6 Å². The average Bonchev–Trinajstić information content (AvgIpc) is 2.70. The van der Waals surface area contributed by atoms with Crippen LogP contribution in [0.3, 0.4) is 0 Å². The van der Waals surface area contributed by atoms with Gasteiger partial charge in [0.15, 0.2) is 0 Å². The first-order chi connectivity index (χ1) is 8.68. The highest BCUT2D eigenvalue weighted by Crippen LogP contribution is 2.46. The molecule has 2 unspecified atom stereocenters. The smallest absolute Gasteiger partial charge is 0.311 e. The second-order valence-corrected chi connectivity index (χ2v) is 6.24. The predicted molar refractivity (Wildman–Crippen MR) is 72.3 cm³/mol. The first kappa shape index (κ1) is 13.9. The number of carbonyl (C=O) groups is 1. The zero-order valence-corrected chi connectivity index (χ0v) is 11.4. The molecule has 3 N–H and O–H groups in total. The molecular weight excluding hydrogens is 226 g/mol. The molecule has 0 aliphatic heterocycles. The van der Waals surface area contributed by atoms with Crippen molar-refractivity contribution in [3.8, 4) is 0 Å². The standard InChI is InChI=1S/C15H27NO2/c16-13-10-6-3-7-11-15(13,14(17)18)12-8-4-1-2-5-9-12/h12-13H,1-11,16H2,(H,17,18). The lowest BCUT2D eigenvalue weighted by Gasteiger charge is -2.40. The van der Waals surface area contributed by atoms with Crippen molar-refractivity contribution in [2.24, 2.45) is 17.1 Å². The molecule has 2 atom stereocenters. The van der Waals surface area contributed by atoms with Gasteiger partial charge in [0.1, 0.15) is 0 Å². The van der Waals surface area contributed by atoms with Crippen molar-refractivity contribution in [1.82, 2.24) is 0 Å². The lowest BCUT2D eigenvalue weighted by molar-refractivity contribution is -0.155. The Hall–Kier alpha value is -0.570. The van der Waals surface area contributed by atoms with Gasteiger partial charge >= 0.3 is 5.97 Å². The average molecular weight is 253 g/mol. The third-order valence-electron chi connectivity index (χ3n) is 5.25. The van der Waals surface area contributed by atoms with Gasteiger partial charge in [-0.2, -0.15) is 0 Å². The zero-order valence-electron chi connectivity index (χ0n) is 11.4. The summed E-state index contributed by atoms with van der Waals surface area (Å²) in [7, 11) is 0. The van der Waals surface area contributed by atoms with E-state index in [1.165, 1.54) is 25.7 Å². The van der Waals surface area contributed by atoms with Gasteiger partial charge in [0.05, 0.1) is 5.41 Å². The van der Waals surface area contributed by atoms with Crippen molar-refractivity contribution in [3.63, 3.8) is 0 Å². The van der Waals surface area contributed by atoms with Crippen LogP contribution in [0.2, 0.25) is 0 Å². The molecule has 104 valence electrons. The summed E-state index contributed by atoms with van der Waals surface area (Å²) in [5, 5.41) is 9.85. The van der Waals surface area contributed by atoms with Gasteiger partial charge in [-0.1, -0.05) is 44.9 Å². The lowest BCUT2D eigenvalue weighted by atomic mass is 9.64. The Morgan fingerprint density at radius 1 is 0.944 bits per heavy atom. The minimum absolute atomic E-state index is 0.138. The SMILES string of the molecule is NC1CCCCCC1(C(=O)O)C1CCCCCC1. The molecule has 2 aliphatic rings.